The van der Waals surface area contributed by atoms with Gasteiger partial charge in [0.05, 0.1) is 0 Å². The number of amides is 1. The van der Waals surface area contributed by atoms with Gasteiger partial charge in [-0.05, 0) is 30.7 Å². The Bertz CT molecular complexity index is 384. The molecule has 1 heterocycles. The molecular weight excluding hydrogens is 238 g/mol. The van der Waals surface area contributed by atoms with Crippen molar-refractivity contribution >= 4 is 11.6 Å². The molecular formula is C15H27N3O. The lowest BCUT2D eigenvalue weighted by atomic mass is 10.1. The van der Waals surface area contributed by atoms with Crippen LogP contribution in [0.25, 0.3) is 0 Å². The van der Waals surface area contributed by atoms with Gasteiger partial charge in [-0.15, -0.1) is 0 Å². The zero-order chi connectivity index (χ0) is 14.4. The summed E-state index contributed by atoms with van der Waals surface area (Å²) < 4.78 is 0. The Morgan fingerprint density at radius 2 is 1.74 bits per heavy atom. The van der Waals surface area contributed by atoms with Crippen LogP contribution in [0.4, 0.5) is 5.69 Å². The van der Waals surface area contributed by atoms with Crippen LogP contribution in [0.5, 0.6) is 0 Å². The average molecular weight is 265 g/mol. The molecule has 1 aromatic rings. The Kier molecular flexibility index (Phi) is 5.93. The lowest BCUT2D eigenvalue weighted by Gasteiger charge is -2.24. The summed E-state index contributed by atoms with van der Waals surface area (Å²) in [5.74, 6) is 1.25. The van der Waals surface area contributed by atoms with Crippen molar-refractivity contribution in [1.29, 1.82) is 0 Å². The number of nitrogen functional groups attached to an aromatic ring is 1. The van der Waals surface area contributed by atoms with Crippen LogP contribution in [0.15, 0.2) is 12.3 Å². The standard InChI is InChI=1S/C15H27N3O/c1-11(2)5-7-18(8-6-12(3)4)15(19)14-9-13(16)10-17-14/h9-12,17H,5-8,16H2,1-4H3. The van der Waals surface area contributed by atoms with Crippen molar-refractivity contribution in [2.75, 3.05) is 18.8 Å². The molecule has 0 aliphatic heterocycles. The minimum Gasteiger partial charge on any atom is -0.397 e. The average Bonchev–Trinajstić information content (AvgIpc) is 2.74. The van der Waals surface area contributed by atoms with Crippen molar-refractivity contribution in [3.05, 3.63) is 18.0 Å². The number of aromatic amines is 1. The van der Waals surface area contributed by atoms with Crippen LogP contribution in [0.3, 0.4) is 0 Å². The highest BCUT2D eigenvalue weighted by Gasteiger charge is 2.17. The first-order valence-electron chi connectivity index (χ1n) is 7.13. The lowest BCUT2D eigenvalue weighted by molar-refractivity contribution is 0.0735. The third-order valence-electron chi connectivity index (χ3n) is 3.18. The second kappa shape index (κ2) is 7.22. The Labute approximate surface area is 116 Å². The van der Waals surface area contributed by atoms with Gasteiger partial charge >= 0.3 is 0 Å². The molecule has 108 valence electrons. The minimum atomic E-state index is 0.0537. The molecule has 4 heteroatoms. The first-order chi connectivity index (χ1) is 8.90. The summed E-state index contributed by atoms with van der Waals surface area (Å²) in [6.07, 6.45) is 3.72. The van der Waals surface area contributed by atoms with E-state index in [0.717, 1.165) is 25.9 Å². The monoisotopic (exact) mass is 265 g/mol. The number of nitrogens with two attached hydrogens (primary N) is 1. The smallest absolute Gasteiger partial charge is 0.270 e. The summed E-state index contributed by atoms with van der Waals surface area (Å²) in [4.78, 5) is 17.3. The molecule has 1 rings (SSSR count). The van der Waals surface area contributed by atoms with E-state index in [1.807, 2.05) is 4.90 Å². The molecule has 0 aliphatic rings. The van der Waals surface area contributed by atoms with Crippen molar-refractivity contribution in [2.45, 2.75) is 40.5 Å². The SMILES string of the molecule is CC(C)CCN(CCC(C)C)C(=O)c1cc(N)c[nH]1. The van der Waals surface area contributed by atoms with Gasteiger partial charge in [0.15, 0.2) is 0 Å². The summed E-state index contributed by atoms with van der Waals surface area (Å²) in [5, 5.41) is 0. The van der Waals surface area contributed by atoms with E-state index in [2.05, 4.69) is 32.7 Å². The van der Waals surface area contributed by atoms with Gasteiger partial charge in [0, 0.05) is 25.0 Å². The van der Waals surface area contributed by atoms with Crippen LogP contribution in [0, 0.1) is 11.8 Å². The highest BCUT2D eigenvalue weighted by molar-refractivity contribution is 5.93. The van der Waals surface area contributed by atoms with Crippen LogP contribution < -0.4 is 5.73 Å². The van der Waals surface area contributed by atoms with Crippen molar-refractivity contribution in [1.82, 2.24) is 9.88 Å². The van der Waals surface area contributed by atoms with Gasteiger partial charge in [0.2, 0.25) is 0 Å². The van der Waals surface area contributed by atoms with Crippen LogP contribution in [-0.2, 0) is 0 Å². The van der Waals surface area contributed by atoms with E-state index in [9.17, 15) is 4.79 Å². The molecule has 0 bridgehead atoms. The van der Waals surface area contributed by atoms with Gasteiger partial charge in [0.1, 0.15) is 5.69 Å². The molecule has 0 aromatic carbocycles. The number of hydrogen-bond donors (Lipinski definition) is 2. The third-order valence-corrected chi connectivity index (χ3v) is 3.18. The maximum Gasteiger partial charge on any atom is 0.270 e. The topological polar surface area (TPSA) is 62.1 Å². The van der Waals surface area contributed by atoms with Crippen molar-refractivity contribution in [3.8, 4) is 0 Å². The fourth-order valence-electron chi connectivity index (χ4n) is 1.85. The zero-order valence-corrected chi connectivity index (χ0v) is 12.6. The number of aromatic nitrogens is 1. The minimum absolute atomic E-state index is 0.0537. The van der Waals surface area contributed by atoms with Gasteiger partial charge in [-0.1, -0.05) is 27.7 Å². The molecule has 1 amide bonds. The number of carbonyl (C=O) groups excluding carboxylic acids is 1. The van der Waals surface area contributed by atoms with Crippen molar-refractivity contribution < 1.29 is 4.79 Å². The maximum atomic E-state index is 12.4. The normalized spacial score (nSPS) is 11.3. The molecule has 3 N–H and O–H groups in total. The second-order valence-corrected chi connectivity index (χ2v) is 6.00. The number of hydrogen-bond acceptors (Lipinski definition) is 2. The molecule has 0 unspecified atom stereocenters. The van der Waals surface area contributed by atoms with E-state index in [4.69, 9.17) is 5.73 Å². The third kappa shape index (κ3) is 5.37. The Balaban J connectivity index is 2.68. The van der Waals surface area contributed by atoms with E-state index >= 15 is 0 Å². The molecule has 0 spiro atoms. The molecule has 0 saturated carbocycles. The van der Waals surface area contributed by atoms with Crippen LogP contribution in [0.1, 0.15) is 51.0 Å². The van der Waals surface area contributed by atoms with E-state index in [0.29, 0.717) is 23.2 Å². The molecule has 4 nitrogen and oxygen atoms in total. The van der Waals surface area contributed by atoms with Crippen LogP contribution in [-0.4, -0.2) is 28.9 Å². The Morgan fingerprint density at radius 3 is 2.11 bits per heavy atom. The first-order valence-corrected chi connectivity index (χ1v) is 7.13. The number of nitrogens with one attached hydrogen (secondary N) is 1. The highest BCUT2D eigenvalue weighted by Crippen LogP contribution is 2.12. The molecule has 1 aromatic heterocycles. The summed E-state index contributed by atoms with van der Waals surface area (Å²) in [7, 11) is 0. The van der Waals surface area contributed by atoms with Crippen LogP contribution in [0.2, 0.25) is 0 Å². The fraction of sp³-hybridized carbons (Fsp3) is 0.667. The Morgan fingerprint density at radius 1 is 1.21 bits per heavy atom. The second-order valence-electron chi connectivity index (χ2n) is 6.00. The fourth-order valence-corrected chi connectivity index (χ4v) is 1.85. The maximum absolute atomic E-state index is 12.4. The highest BCUT2D eigenvalue weighted by atomic mass is 16.2. The molecule has 0 aliphatic carbocycles. The van der Waals surface area contributed by atoms with E-state index in [1.54, 1.807) is 12.3 Å². The van der Waals surface area contributed by atoms with Crippen molar-refractivity contribution in [2.24, 2.45) is 11.8 Å². The Hall–Kier alpha value is -1.45. The van der Waals surface area contributed by atoms with E-state index in [-0.39, 0.29) is 5.91 Å². The van der Waals surface area contributed by atoms with Gasteiger partial charge in [-0.3, -0.25) is 4.79 Å². The predicted octanol–water partition coefficient (Wildman–Crippen LogP) is 3.13. The van der Waals surface area contributed by atoms with Gasteiger partial charge in [-0.2, -0.15) is 0 Å². The molecule has 19 heavy (non-hydrogen) atoms. The van der Waals surface area contributed by atoms with Crippen molar-refractivity contribution in [3.63, 3.8) is 0 Å². The number of H-pyrrole nitrogens is 1. The number of carbonyl (C=O) groups is 1. The summed E-state index contributed by atoms with van der Waals surface area (Å²) in [6.45, 7) is 10.3. The number of rotatable bonds is 7. The largest absolute Gasteiger partial charge is 0.397 e. The van der Waals surface area contributed by atoms with Gasteiger partial charge in [0.25, 0.3) is 5.91 Å². The number of nitrogens with zero attached hydrogens (tertiary/aromatic N) is 1. The summed E-state index contributed by atoms with van der Waals surface area (Å²) in [5.41, 5.74) is 6.85. The molecule has 0 fully saturated rings. The van der Waals surface area contributed by atoms with Crippen LogP contribution >= 0.6 is 0 Å². The summed E-state index contributed by atoms with van der Waals surface area (Å²) >= 11 is 0. The quantitative estimate of drug-likeness (QED) is 0.795. The van der Waals surface area contributed by atoms with Gasteiger partial charge in [-0.25, -0.2) is 0 Å². The molecule has 0 atom stereocenters. The lowest BCUT2D eigenvalue weighted by Crippen LogP contribution is -2.34. The van der Waals surface area contributed by atoms with Gasteiger partial charge < -0.3 is 15.6 Å². The predicted molar refractivity (Wildman–Crippen MR) is 80.0 cm³/mol. The molecule has 0 saturated heterocycles. The number of anilines is 1. The first kappa shape index (κ1) is 15.6. The summed E-state index contributed by atoms with van der Waals surface area (Å²) in [6, 6.07) is 1.71. The zero-order valence-electron chi connectivity index (χ0n) is 12.6. The molecule has 0 radical (unpaired) electrons. The van der Waals surface area contributed by atoms with E-state index < -0.39 is 0 Å². The van der Waals surface area contributed by atoms with E-state index in [1.165, 1.54) is 0 Å².